The lowest BCUT2D eigenvalue weighted by atomic mass is 10.0. The maximum atomic E-state index is 14.0. The van der Waals surface area contributed by atoms with E-state index in [1.807, 2.05) is 72.8 Å². The number of benzene rings is 3. The summed E-state index contributed by atoms with van der Waals surface area (Å²) in [4.78, 5) is 18.1. The molecule has 0 saturated carbocycles. The van der Waals surface area contributed by atoms with Crippen molar-refractivity contribution in [3.05, 3.63) is 102 Å². The van der Waals surface area contributed by atoms with Crippen LogP contribution in [0.5, 0.6) is 0 Å². The van der Waals surface area contributed by atoms with Gasteiger partial charge in [-0.15, -0.1) is 0 Å². The monoisotopic (exact) mass is 439 g/mol. The highest BCUT2D eigenvalue weighted by molar-refractivity contribution is 6.10. The third-order valence-corrected chi connectivity index (χ3v) is 5.84. The molecule has 0 aliphatic carbocycles. The number of carbonyl (C=O) groups excluding carboxylic acids is 1. The van der Waals surface area contributed by atoms with Gasteiger partial charge < -0.3 is 14.3 Å². The quantitative estimate of drug-likeness (QED) is 0.321. The fourth-order valence-corrected chi connectivity index (χ4v) is 4.03. The lowest BCUT2D eigenvalue weighted by Crippen LogP contribution is -2.31. The second-order valence-electron chi connectivity index (χ2n) is 7.89. The van der Waals surface area contributed by atoms with Crippen molar-refractivity contribution >= 4 is 17.3 Å². The predicted molar refractivity (Wildman–Crippen MR) is 134 cm³/mol. The molecule has 0 radical (unpaired) electrons. The summed E-state index contributed by atoms with van der Waals surface area (Å²) >= 11 is 0. The molecule has 1 amide bonds. The molecule has 0 atom stereocenters. The van der Waals surface area contributed by atoms with Crippen LogP contribution in [-0.2, 0) is 6.54 Å². The Balaban J connectivity index is 1.75. The van der Waals surface area contributed by atoms with E-state index in [0.29, 0.717) is 23.6 Å². The smallest absolute Gasteiger partial charge is 0.264 e. The molecule has 1 aromatic heterocycles. The summed E-state index contributed by atoms with van der Waals surface area (Å²) < 4.78 is 5.48. The van der Waals surface area contributed by atoms with Crippen LogP contribution in [0.2, 0.25) is 0 Å². The Morgan fingerprint density at radius 3 is 2.00 bits per heavy atom. The molecule has 0 aliphatic rings. The Kier molecular flexibility index (Phi) is 6.89. The zero-order valence-electron chi connectivity index (χ0n) is 19.4. The number of rotatable bonds is 8. The standard InChI is InChI=1S/C28H29N3O2/c1-4-30(5-2)24-16-18-25(19-17-24)31(20-22-12-8-6-9-13-22)28(32)26-21(3)33-29-27(26)23-14-10-7-11-15-23/h6-19H,4-5,20H2,1-3H3. The first kappa shape index (κ1) is 22.3. The molecule has 0 aliphatic heterocycles. The van der Waals surface area contributed by atoms with Crippen molar-refractivity contribution in [3.8, 4) is 11.3 Å². The molecule has 0 unspecified atom stereocenters. The number of aromatic nitrogens is 1. The molecule has 33 heavy (non-hydrogen) atoms. The largest absolute Gasteiger partial charge is 0.372 e. The van der Waals surface area contributed by atoms with Gasteiger partial charge in [0.15, 0.2) is 0 Å². The van der Waals surface area contributed by atoms with Crippen LogP contribution in [0.3, 0.4) is 0 Å². The summed E-state index contributed by atoms with van der Waals surface area (Å²) in [7, 11) is 0. The Bertz CT molecular complexity index is 1180. The van der Waals surface area contributed by atoms with Crippen molar-refractivity contribution in [3.63, 3.8) is 0 Å². The molecule has 5 heteroatoms. The normalized spacial score (nSPS) is 10.8. The van der Waals surface area contributed by atoms with E-state index >= 15 is 0 Å². The van der Waals surface area contributed by atoms with E-state index < -0.39 is 0 Å². The fraction of sp³-hybridized carbons (Fsp3) is 0.214. The first-order chi connectivity index (χ1) is 16.1. The highest BCUT2D eigenvalue weighted by atomic mass is 16.5. The van der Waals surface area contributed by atoms with Gasteiger partial charge in [-0.05, 0) is 50.6 Å². The number of carbonyl (C=O) groups is 1. The van der Waals surface area contributed by atoms with Crippen LogP contribution in [0, 0.1) is 6.92 Å². The molecule has 0 saturated heterocycles. The molecule has 3 aromatic carbocycles. The Hall–Kier alpha value is -3.86. The van der Waals surface area contributed by atoms with Crippen LogP contribution in [-0.4, -0.2) is 24.2 Å². The maximum Gasteiger partial charge on any atom is 0.264 e. The minimum Gasteiger partial charge on any atom is -0.372 e. The third kappa shape index (κ3) is 4.82. The number of amides is 1. The predicted octanol–water partition coefficient (Wildman–Crippen LogP) is 6.34. The van der Waals surface area contributed by atoms with Gasteiger partial charge in [-0.25, -0.2) is 0 Å². The molecule has 4 aromatic rings. The van der Waals surface area contributed by atoms with Crippen molar-refractivity contribution in [1.29, 1.82) is 0 Å². The van der Waals surface area contributed by atoms with Crippen molar-refractivity contribution in [2.75, 3.05) is 22.9 Å². The van der Waals surface area contributed by atoms with Crippen molar-refractivity contribution < 1.29 is 9.32 Å². The van der Waals surface area contributed by atoms with Crippen LogP contribution in [0.15, 0.2) is 89.5 Å². The van der Waals surface area contributed by atoms with E-state index in [0.717, 1.165) is 35.6 Å². The lowest BCUT2D eigenvalue weighted by molar-refractivity contribution is 0.0984. The zero-order chi connectivity index (χ0) is 23.2. The van der Waals surface area contributed by atoms with Gasteiger partial charge in [-0.2, -0.15) is 0 Å². The molecule has 5 nitrogen and oxygen atoms in total. The van der Waals surface area contributed by atoms with Gasteiger partial charge in [-0.3, -0.25) is 4.79 Å². The van der Waals surface area contributed by atoms with Crippen LogP contribution >= 0.6 is 0 Å². The SMILES string of the molecule is CCN(CC)c1ccc(N(Cc2ccccc2)C(=O)c2c(-c3ccccc3)noc2C)cc1. The van der Waals surface area contributed by atoms with Crippen LogP contribution in [0.25, 0.3) is 11.3 Å². The summed E-state index contributed by atoms with van der Waals surface area (Å²) in [6.45, 7) is 8.39. The van der Waals surface area contributed by atoms with Gasteiger partial charge in [0.2, 0.25) is 0 Å². The van der Waals surface area contributed by atoms with Crippen LogP contribution in [0.4, 0.5) is 11.4 Å². The first-order valence-electron chi connectivity index (χ1n) is 11.3. The van der Waals surface area contributed by atoms with Crippen LogP contribution < -0.4 is 9.80 Å². The summed E-state index contributed by atoms with van der Waals surface area (Å²) in [6.07, 6.45) is 0. The van der Waals surface area contributed by atoms with Gasteiger partial charge in [0.25, 0.3) is 5.91 Å². The number of nitrogens with zero attached hydrogens (tertiary/aromatic N) is 3. The number of anilines is 2. The molecule has 0 bridgehead atoms. The van der Waals surface area contributed by atoms with E-state index in [1.54, 1.807) is 11.8 Å². The molecule has 4 rings (SSSR count). The second kappa shape index (κ2) is 10.2. The summed E-state index contributed by atoms with van der Waals surface area (Å²) in [5.74, 6) is 0.378. The topological polar surface area (TPSA) is 49.6 Å². The number of hydrogen-bond acceptors (Lipinski definition) is 4. The van der Waals surface area contributed by atoms with E-state index in [4.69, 9.17) is 4.52 Å². The summed E-state index contributed by atoms with van der Waals surface area (Å²) in [6, 6.07) is 27.9. The summed E-state index contributed by atoms with van der Waals surface area (Å²) in [5, 5.41) is 4.22. The molecular weight excluding hydrogens is 410 g/mol. The molecule has 0 spiro atoms. The minimum atomic E-state index is -0.132. The fourth-order valence-electron chi connectivity index (χ4n) is 4.03. The average molecular weight is 440 g/mol. The van der Waals surface area contributed by atoms with Crippen LogP contribution in [0.1, 0.15) is 35.5 Å². The zero-order valence-corrected chi connectivity index (χ0v) is 19.4. The highest BCUT2D eigenvalue weighted by Gasteiger charge is 2.27. The van der Waals surface area contributed by atoms with Crippen molar-refractivity contribution in [2.45, 2.75) is 27.3 Å². The number of hydrogen-bond donors (Lipinski definition) is 0. The van der Waals surface area contributed by atoms with E-state index in [2.05, 4.69) is 36.0 Å². The van der Waals surface area contributed by atoms with E-state index in [9.17, 15) is 4.79 Å². The third-order valence-electron chi connectivity index (χ3n) is 5.84. The van der Waals surface area contributed by atoms with Gasteiger partial charge >= 0.3 is 0 Å². The number of aryl methyl sites for hydroxylation is 1. The lowest BCUT2D eigenvalue weighted by Gasteiger charge is -2.25. The Morgan fingerprint density at radius 2 is 1.39 bits per heavy atom. The average Bonchev–Trinajstić information content (AvgIpc) is 3.26. The first-order valence-corrected chi connectivity index (χ1v) is 11.3. The second-order valence-corrected chi connectivity index (χ2v) is 7.89. The maximum absolute atomic E-state index is 14.0. The van der Waals surface area contributed by atoms with E-state index in [1.165, 1.54) is 0 Å². The molecule has 1 heterocycles. The Morgan fingerprint density at radius 1 is 0.818 bits per heavy atom. The molecular formula is C28H29N3O2. The van der Waals surface area contributed by atoms with Crippen molar-refractivity contribution in [2.24, 2.45) is 0 Å². The van der Waals surface area contributed by atoms with Gasteiger partial charge in [0.05, 0.1) is 6.54 Å². The Labute approximate surface area is 195 Å². The van der Waals surface area contributed by atoms with E-state index in [-0.39, 0.29) is 5.91 Å². The molecule has 168 valence electrons. The minimum absolute atomic E-state index is 0.132. The molecule has 0 N–H and O–H groups in total. The van der Waals surface area contributed by atoms with Gasteiger partial charge in [0.1, 0.15) is 17.0 Å². The summed E-state index contributed by atoms with van der Waals surface area (Å²) in [5.41, 5.74) is 4.94. The van der Waals surface area contributed by atoms with Crippen molar-refractivity contribution in [1.82, 2.24) is 5.16 Å². The molecule has 0 fully saturated rings. The highest BCUT2D eigenvalue weighted by Crippen LogP contribution is 2.30. The van der Waals surface area contributed by atoms with Gasteiger partial charge in [-0.1, -0.05) is 65.8 Å². The van der Waals surface area contributed by atoms with Gasteiger partial charge in [0, 0.05) is 30.0 Å².